The number of carbonyl (C=O) groups is 3. The Kier molecular flexibility index (Phi) is 11.6. The van der Waals surface area contributed by atoms with Gasteiger partial charge in [0.1, 0.15) is 5.78 Å². The Morgan fingerprint density at radius 2 is 1.84 bits per heavy atom. The number of allylic oxidation sites excluding steroid dienone is 1. The van der Waals surface area contributed by atoms with Crippen molar-refractivity contribution in [1.82, 2.24) is 0 Å². The Balaban J connectivity index is 0.00000110. The number of rotatable bonds is 9. The summed E-state index contributed by atoms with van der Waals surface area (Å²) in [6, 6.07) is 6.71. The second-order valence-electron chi connectivity index (χ2n) is 7.58. The number of ether oxygens (including phenoxy) is 1. The van der Waals surface area contributed by atoms with Gasteiger partial charge in [-0.05, 0) is 43.5 Å². The molecule has 0 spiro atoms. The van der Waals surface area contributed by atoms with E-state index in [-0.39, 0.29) is 24.6 Å². The first-order chi connectivity index (χ1) is 14.7. The number of ketones is 1. The molecule has 3 atom stereocenters. The fourth-order valence-electron chi connectivity index (χ4n) is 3.67. The van der Waals surface area contributed by atoms with Gasteiger partial charge in [-0.25, -0.2) is 4.79 Å². The van der Waals surface area contributed by atoms with E-state index in [1.165, 1.54) is 0 Å². The average Bonchev–Trinajstić information content (AvgIpc) is 3.01. The van der Waals surface area contributed by atoms with Crippen LogP contribution < -0.4 is 0 Å². The Bertz CT molecular complexity index is 765. The van der Waals surface area contributed by atoms with Gasteiger partial charge in [0.05, 0.1) is 35.9 Å². The van der Waals surface area contributed by atoms with Crippen molar-refractivity contribution >= 4 is 17.7 Å². The van der Waals surface area contributed by atoms with Crippen molar-refractivity contribution < 1.29 is 34.4 Å². The molecular formula is C24H34O7. The third kappa shape index (κ3) is 8.53. The molecular weight excluding hydrogens is 400 g/mol. The van der Waals surface area contributed by atoms with E-state index in [4.69, 9.17) is 14.6 Å². The van der Waals surface area contributed by atoms with Gasteiger partial charge in [-0.1, -0.05) is 38.3 Å². The number of carboxylic acid groups (broad SMARTS) is 1. The van der Waals surface area contributed by atoms with Crippen molar-refractivity contribution in [1.29, 1.82) is 0 Å². The van der Waals surface area contributed by atoms with Crippen LogP contribution in [0.4, 0.5) is 0 Å². The summed E-state index contributed by atoms with van der Waals surface area (Å²) < 4.78 is 5.02. The minimum atomic E-state index is -0.916. The number of Topliss-reactive ketones (excluding diaryl/α,β-unsaturated/α-hetero) is 1. The zero-order valence-corrected chi connectivity index (χ0v) is 18.5. The molecule has 0 bridgehead atoms. The lowest BCUT2D eigenvalue weighted by molar-refractivity contribution is -0.134. The molecule has 0 aromatic heterocycles. The fraction of sp³-hybridized carbons (Fsp3) is 0.542. The standard InChI is InChI=1S/C22H30O5.C2H4O2/c1-3-5-6-7-8-12-17(23)21-19(25)14-18(24)20(21)15-10-9-11-16(13-15)22(26)27-4-2;1-2(3)4/h9-13,19-21,23,25H,3-8,14H2,1-2H3;1H3,(H,3,4)/t19-,20-,21+;/m1./s1. The van der Waals surface area contributed by atoms with Gasteiger partial charge >= 0.3 is 5.97 Å². The first-order valence-corrected chi connectivity index (χ1v) is 10.8. The molecule has 0 aliphatic heterocycles. The van der Waals surface area contributed by atoms with Crippen LogP contribution in [0.3, 0.4) is 0 Å². The van der Waals surface area contributed by atoms with Crippen LogP contribution in [0.15, 0.2) is 36.1 Å². The molecule has 3 N–H and O–H groups in total. The van der Waals surface area contributed by atoms with Crippen LogP contribution in [-0.4, -0.2) is 45.8 Å². The fourth-order valence-corrected chi connectivity index (χ4v) is 3.67. The molecule has 0 radical (unpaired) electrons. The van der Waals surface area contributed by atoms with Gasteiger partial charge in [-0.15, -0.1) is 0 Å². The van der Waals surface area contributed by atoms with Gasteiger partial charge in [0.2, 0.25) is 0 Å². The highest BCUT2D eigenvalue weighted by molar-refractivity contribution is 5.92. The van der Waals surface area contributed by atoms with E-state index in [0.29, 0.717) is 11.1 Å². The van der Waals surface area contributed by atoms with Crippen molar-refractivity contribution in [2.24, 2.45) is 5.92 Å². The van der Waals surface area contributed by atoms with Gasteiger partial charge in [-0.3, -0.25) is 9.59 Å². The zero-order chi connectivity index (χ0) is 23.4. The number of hydrogen-bond acceptors (Lipinski definition) is 6. The lowest BCUT2D eigenvalue weighted by Gasteiger charge is -2.21. The smallest absolute Gasteiger partial charge is 0.338 e. The van der Waals surface area contributed by atoms with Crippen LogP contribution in [0.5, 0.6) is 0 Å². The van der Waals surface area contributed by atoms with Gasteiger partial charge in [0, 0.05) is 13.3 Å². The minimum Gasteiger partial charge on any atom is -0.512 e. The lowest BCUT2D eigenvalue weighted by atomic mass is 9.85. The normalized spacial score (nSPS) is 20.7. The molecule has 1 saturated carbocycles. The third-order valence-corrected chi connectivity index (χ3v) is 5.04. The summed E-state index contributed by atoms with van der Waals surface area (Å²) >= 11 is 0. The van der Waals surface area contributed by atoms with E-state index in [9.17, 15) is 19.8 Å². The summed E-state index contributed by atoms with van der Waals surface area (Å²) in [7, 11) is 0. The van der Waals surface area contributed by atoms with Crippen molar-refractivity contribution in [3.8, 4) is 0 Å². The SMILES string of the molecule is CC(=O)O.CCCCCCC=C(O)[C@H]1[C@H](O)CC(=O)[C@H]1c1cccc(C(=O)OCC)c1. The lowest BCUT2D eigenvalue weighted by Crippen LogP contribution is -2.22. The van der Waals surface area contributed by atoms with Crippen molar-refractivity contribution in [2.75, 3.05) is 6.61 Å². The Morgan fingerprint density at radius 3 is 2.45 bits per heavy atom. The molecule has 1 fully saturated rings. The number of benzene rings is 1. The van der Waals surface area contributed by atoms with Crippen molar-refractivity contribution in [3.63, 3.8) is 0 Å². The largest absolute Gasteiger partial charge is 0.512 e. The third-order valence-electron chi connectivity index (χ3n) is 5.04. The average molecular weight is 435 g/mol. The van der Waals surface area contributed by atoms with Crippen molar-refractivity contribution in [2.45, 2.75) is 71.3 Å². The summed E-state index contributed by atoms with van der Waals surface area (Å²) in [5, 5.41) is 28.3. The molecule has 0 unspecified atom stereocenters. The summed E-state index contributed by atoms with van der Waals surface area (Å²) in [6.07, 6.45) is 5.90. The Morgan fingerprint density at radius 1 is 1.16 bits per heavy atom. The number of unbranched alkanes of at least 4 members (excludes halogenated alkanes) is 4. The Hall–Kier alpha value is -2.67. The molecule has 7 heteroatoms. The number of aliphatic hydroxyl groups is 2. The van der Waals surface area contributed by atoms with E-state index in [2.05, 4.69) is 6.92 Å². The molecule has 1 aromatic carbocycles. The molecule has 0 amide bonds. The maximum Gasteiger partial charge on any atom is 0.338 e. The highest BCUT2D eigenvalue weighted by Gasteiger charge is 2.44. The second kappa shape index (κ2) is 13.6. The molecule has 7 nitrogen and oxygen atoms in total. The molecule has 0 saturated heterocycles. The summed E-state index contributed by atoms with van der Waals surface area (Å²) in [5.41, 5.74) is 0.989. The number of esters is 1. The molecule has 0 heterocycles. The first-order valence-electron chi connectivity index (χ1n) is 10.8. The topological polar surface area (TPSA) is 121 Å². The van der Waals surface area contributed by atoms with Crippen LogP contribution in [0.2, 0.25) is 0 Å². The van der Waals surface area contributed by atoms with E-state index >= 15 is 0 Å². The summed E-state index contributed by atoms with van der Waals surface area (Å²) in [5.74, 6) is -2.66. The number of aliphatic hydroxyl groups excluding tert-OH is 2. The highest BCUT2D eigenvalue weighted by Crippen LogP contribution is 2.41. The van der Waals surface area contributed by atoms with Gasteiger partial charge in [0.25, 0.3) is 5.97 Å². The predicted molar refractivity (Wildman–Crippen MR) is 117 cm³/mol. The minimum absolute atomic E-state index is 0.00665. The highest BCUT2D eigenvalue weighted by atomic mass is 16.5. The first kappa shape index (κ1) is 26.4. The van der Waals surface area contributed by atoms with E-state index < -0.39 is 29.9 Å². The molecule has 31 heavy (non-hydrogen) atoms. The van der Waals surface area contributed by atoms with Gasteiger partial charge in [0.15, 0.2) is 0 Å². The molecule has 1 aliphatic rings. The summed E-state index contributed by atoms with van der Waals surface area (Å²) in [6.45, 7) is 5.23. The number of aliphatic carboxylic acids is 1. The molecule has 1 aromatic rings. The molecule has 2 rings (SSSR count). The quantitative estimate of drug-likeness (QED) is 0.299. The summed E-state index contributed by atoms with van der Waals surface area (Å²) in [4.78, 5) is 33.5. The van der Waals surface area contributed by atoms with Gasteiger partial charge in [-0.2, -0.15) is 0 Å². The number of hydrogen-bond donors (Lipinski definition) is 3. The van der Waals surface area contributed by atoms with Crippen LogP contribution in [-0.2, 0) is 14.3 Å². The van der Waals surface area contributed by atoms with E-state index in [0.717, 1.165) is 39.0 Å². The van der Waals surface area contributed by atoms with E-state index in [1.54, 1.807) is 37.3 Å². The Labute approximate surface area is 183 Å². The molecule has 1 aliphatic carbocycles. The van der Waals surface area contributed by atoms with Crippen LogP contribution in [0, 0.1) is 5.92 Å². The number of carbonyl (C=O) groups excluding carboxylic acids is 2. The van der Waals surface area contributed by atoms with Crippen LogP contribution >= 0.6 is 0 Å². The maximum atomic E-state index is 12.5. The predicted octanol–water partition coefficient (Wildman–Crippen LogP) is 4.40. The van der Waals surface area contributed by atoms with Crippen molar-refractivity contribution in [3.05, 3.63) is 47.2 Å². The monoisotopic (exact) mass is 434 g/mol. The van der Waals surface area contributed by atoms with Gasteiger partial charge < -0.3 is 20.1 Å². The van der Waals surface area contributed by atoms with E-state index in [1.807, 2.05) is 0 Å². The van der Waals surface area contributed by atoms with Crippen LogP contribution in [0.1, 0.15) is 81.1 Å². The number of carboxylic acids is 1. The zero-order valence-electron chi connectivity index (χ0n) is 18.5. The maximum absolute atomic E-state index is 12.5. The second-order valence-corrected chi connectivity index (χ2v) is 7.58. The van der Waals surface area contributed by atoms with Crippen LogP contribution in [0.25, 0.3) is 0 Å². The molecule has 172 valence electrons.